The van der Waals surface area contributed by atoms with Crippen molar-refractivity contribution >= 4 is 23.6 Å². The van der Waals surface area contributed by atoms with Crippen molar-refractivity contribution in [2.75, 3.05) is 12.0 Å². The number of nitrogens with zero attached hydrogens (tertiary/aromatic N) is 3. The maximum absolute atomic E-state index is 5.63. The van der Waals surface area contributed by atoms with Gasteiger partial charge in [0.1, 0.15) is 5.75 Å². The van der Waals surface area contributed by atoms with Gasteiger partial charge in [0.05, 0.1) is 12.8 Å². The molecule has 0 aliphatic carbocycles. The fraction of sp³-hybridized carbons (Fsp3) is 0.154. The molecule has 0 saturated heterocycles. The second-order valence-corrected chi connectivity index (χ2v) is 4.00. The number of halogens is 1. The molecule has 6 heteroatoms. The first kappa shape index (κ1) is 13.3. The van der Waals surface area contributed by atoms with Gasteiger partial charge >= 0.3 is 0 Å². The van der Waals surface area contributed by atoms with Crippen LogP contribution >= 0.6 is 11.6 Å². The molecule has 0 aliphatic heterocycles. The molecule has 0 atom stereocenters. The molecule has 1 aromatic heterocycles. The van der Waals surface area contributed by atoms with E-state index in [1.54, 1.807) is 18.3 Å². The number of rotatable bonds is 5. The highest BCUT2D eigenvalue weighted by atomic mass is 35.5. The second-order valence-electron chi connectivity index (χ2n) is 3.61. The summed E-state index contributed by atoms with van der Waals surface area (Å²) in [4.78, 5) is 0. The Hall–Kier alpha value is -2.14. The minimum Gasteiger partial charge on any atom is -0.494 e. The van der Waals surface area contributed by atoms with Crippen molar-refractivity contribution < 1.29 is 4.74 Å². The van der Waals surface area contributed by atoms with Gasteiger partial charge in [-0.3, -0.25) is 5.43 Å². The van der Waals surface area contributed by atoms with Crippen LogP contribution in [-0.4, -0.2) is 23.0 Å². The van der Waals surface area contributed by atoms with E-state index in [-0.39, 0.29) is 0 Å². The third kappa shape index (κ3) is 4.22. The molecule has 0 fully saturated rings. The fourth-order valence-corrected chi connectivity index (χ4v) is 1.47. The Morgan fingerprint density at radius 2 is 2.00 bits per heavy atom. The van der Waals surface area contributed by atoms with Crippen molar-refractivity contribution in [2.24, 2.45) is 5.10 Å². The summed E-state index contributed by atoms with van der Waals surface area (Å²) in [6.07, 6.45) is 1.69. The molecule has 2 rings (SSSR count). The summed E-state index contributed by atoms with van der Waals surface area (Å²) < 4.78 is 5.35. The van der Waals surface area contributed by atoms with Crippen molar-refractivity contribution in [3.05, 3.63) is 47.1 Å². The lowest BCUT2D eigenvalue weighted by Crippen LogP contribution is -1.95. The maximum atomic E-state index is 5.63. The largest absolute Gasteiger partial charge is 0.494 e. The highest BCUT2D eigenvalue weighted by molar-refractivity contribution is 6.29. The van der Waals surface area contributed by atoms with Crippen LogP contribution in [-0.2, 0) is 0 Å². The molecule has 0 unspecified atom stereocenters. The number of anilines is 1. The van der Waals surface area contributed by atoms with E-state index in [1.807, 2.05) is 31.2 Å². The Kier molecular flexibility index (Phi) is 4.69. The smallest absolute Gasteiger partial charge is 0.168 e. The van der Waals surface area contributed by atoms with Crippen LogP contribution < -0.4 is 10.2 Å². The molecule has 98 valence electrons. The molecule has 0 aliphatic rings. The minimum atomic E-state index is 0.348. The van der Waals surface area contributed by atoms with Crippen LogP contribution in [0.2, 0.25) is 5.15 Å². The average molecular weight is 277 g/mol. The van der Waals surface area contributed by atoms with E-state index in [1.165, 1.54) is 0 Å². The normalized spacial score (nSPS) is 10.6. The van der Waals surface area contributed by atoms with Crippen molar-refractivity contribution in [1.82, 2.24) is 10.2 Å². The van der Waals surface area contributed by atoms with E-state index >= 15 is 0 Å². The molecule has 1 N–H and O–H groups in total. The Balaban J connectivity index is 1.93. The zero-order valence-electron chi connectivity index (χ0n) is 10.4. The average Bonchev–Trinajstić information content (AvgIpc) is 2.43. The monoisotopic (exact) mass is 276 g/mol. The number of benzene rings is 1. The molecular weight excluding hydrogens is 264 g/mol. The molecule has 0 bridgehead atoms. The number of ether oxygens (including phenoxy) is 1. The molecule has 2 aromatic rings. The van der Waals surface area contributed by atoms with E-state index in [9.17, 15) is 0 Å². The van der Waals surface area contributed by atoms with Crippen molar-refractivity contribution in [3.8, 4) is 5.75 Å². The predicted octanol–water partition coefficient (Wildman–Crippen LogP) is 2.97. The van der Waals surface area contributed by atoms with Gasteiger partial charge in [0.25, 0.3) is 0 Å². The van der Waals surface area contributed by atoms with Gasteiger partial charge in [-0.1, -0.05) is 11.6 Å². The first-order valence-electron chi connectivity index (χ1n) is 5.79. The lowest BCUT2D eigenvalue weighted by molar-refractivity contribution is 0.340. The summed E-state index contributed by atoms with van der Waals surface area (Å²) in [6, 6.07) is 11.0. The van der Waals surface area contributed by atoms with Crippen LogP contribution in [0.25, 0.3) is 0 Å². The van der Waals surface area contributed by atoms with Gasteiger partial charge in [-0.05, 0) is 48.9 Å². The van der Waals surface area contributed by atoms with Gasteiger partial charge in [0.15, 0.2) is 11.0 Å². The maximum Gasteiger partial charge on any atom is 0.168 e. The zero-order chi connectivity index (χ0) is 13.5. The third-order valence-electron chi connectivity index (χ3n) is 2.22. The van der Waals surface area contributed by atoms with Crippen LogP contribution in [0.4, 0.5) is 5.82 Å². The van der Waals surface area contributed by atoms with Crippen LogP contribution in [0, 0.1) is 0 Å². The van der Waals surface area contributed by atoms with Crippen LogP contribution in [0.5, 0.6) is 5.75 Å². The molecule has 1 aromatic carbocycles. The molecular formula is C13H13ClN4O. The van der Waals surface area contributed by atoms with Crippen molar-refractivity contribution in [3.63, 3.8) is 0 Å². The highest BCUT2D eigenvalue weighted by Gasteiger charge is 1.94. The fourth-order valence-electron chi connectivity index (χ4n) is 1.37. The van der Waals surface area contributed by atoms with E-state index in [0.717, 1.165) is 11.3 Å². The Morgan fingerprint density at radius 1 is 1.21 bits per heavy atom. The Bertz CT molecular complexity index is 540. The lowest BCUT2D eigenvalue weighted by atomic mass is 10.2. The molecule has 0 saturated carbocycles. The second kappa shape index (κ2) is 6.70. The van der Waals surface area contributed by atoms with E-state index in [0.29, 0.717) is 17.6 Å². The quantitative estimate of drug-likeness (QED) is 0.674. The third-order valence-corrected chi connectivity index (χ3v) is 2.42. The summed E-state index contributed by atoms with van der Waals surface area (Å²) >= 11 is 5.63. The van der Waals surface area contributed by atoms with Crippen molar-refractivity contribution in [1.29, 1.82) is 0 Å². The van der Waals surface area contributed by atoms with Crippen molar-refractivity contribution in [2.45, 2.75) is 6.92 Å². The number of hydrogen-bond acceptors (Lipinski definition) is 5. The minimum absolute atomic E-state index is 0.348. The van der Waals surface area contributed by atoms with E-state index in [4.69, 9.17) is 16.3 Å². The number of nitrogens with one attached hydrogen (secondary N) is 1. The van der Waals surface area contributed by atoms with Gasteiger partial charge in [-0.2, -0.15) is 5.10 Å². The van der Waals surface area contributed by atoms with E-state index < -0.39 is 0 Å². The van der Waals surface area contributed by atoms with Crippen LogP contribution in [0.15, 0.2) is 41.5 Å². The van der Waals surface area contributed by atoms with Gasteiger partial charge < -0.3 is 4.74 Å². The van der Waals surface area contributed by atoms with E-state index in [2.05, 4.69) is 20.7 Å². The number of aromatic nitrogens is 2. The Labute approximate surface area is 116 Å². The topological polar surface area (TPSA) is 59.4 Å². The summed E-state index contributed by atoms with van der Waals surface area (Å²) in [6.45, 7) is 2.61. The van der Waals surface area contributed by atoms with Gasteiger partial charge in [0.2, 0.25) is 0 Å². The number of hydrogen-bond donors (Lipinski definition) is 1. The standard InChI is InChI=1S/C13H13ClN4O/c1-2-19-11-5-3-10(4-6-11)9-15-17-13-8-7-12(14)16-18-13/h3-9H,2H2,1H3,(H,17,18)/b15-9+. The summed E-state index contributed by atoms with van der Waals surface area (Å²) in [7, 11) is 0. The first-order chi connectivity index (χ1) is 9.28. The van der Waals surface area contributed by atoms with Crippen LogP contribution in [0.1, 0.15) is 12.5 Å². The molecule has 19 heavy (non-hydrogen) atoms. The SMILES string of the molecule is CCOc1ccc(/C=N/Nc2ccc(Cl)nn2)cc1. The number of hydrazone groups is 1. The lowest BCUT2D eigenvalue weighted by Gasteiger charge is -2.02. The molecule has 0 amide bonds. The molecule has 0 spiro atoms. The molecule has 0 radical (unpaired) electrons. The zero-order valence-corrected chi connectivity index (χ0v) is 11.1. The summed E-state index contributed by atoms with van der Waals surface area (Å²) in [5, 5.41) is 11.9. The van der Waals surface area contributed by atoms with Gasteiger partial charge in [0, 0.05) is 0 Å². The van der Waals surface area contributed by atoms with Gasteiger partial charge in [-0.15, -0.1) is 10.2 Å². The predicted molar refractivity (Wildman–Crippen MR) is 75.9 cm³/mol. The molecule has 1 heterocycles. The summed E-state index contributed by atoms with van der Waals surface area (Å²) in [5.74, 6) is 1.38. The highest BCUT2D eigenvalue weighted by Crippen LogP contribution is 2.11. The molecule has 5 nitrogen and oxygen atoms in total. The Morgan fingerprint density at radius 3 is 2.63 bits per heavy atom. The van der Waals surface area contributed by atoms with Gasteiger partial charge in [-0.25, -0.2) is 0 Å². The summed E-state index contributed by atoms with van der Waals surface area (Å²) in [5.41, 5.74) is 3.72. The van der Waals surface area contributed by atoms with Crippen LogP contribution in [0.3, 0.4) is 0 Å². The first-order valence-corrected chi connectivity index (χ1v) is 6.17.